The van der Waals surface area contributed by atoms with Gasteiger partial charge in [0.15, 0.2) is 12.2 Å². The maximum absolute atomic E-state index is 10.7. The van der Waals surface area contributed by atoms with Gasteiger partial charge in [-0.25, -0.2) is 9.59 Å². The molecule has 8 heteroatoms. The van der Waals surface area contributed by atoms with Crippen LogP contribution in [-0.2, 0) is 14.4 Å². The lowest BCUT2D eigenvalue weighted by atomic mass is 10.1. The molecule has 100 valence electrons. The third kappa shape index (κ3) is 3.28. The van der Waals surface area contributed by atoms with Crippen LogP contribution in [0.1, 0.15) is 6.42 Å². The summed E-state index contributed by atoms with van der Waals surface area (Å²) < 4.78 is 0. The summed E-state index contributed by atoms with van der Waals surface area (Å²) in [6.07, 6.45) is 0.518. The van der Waals surface area contributed by atoms with E-state index in [0.717, 1.165) is 6.42 Å². The number of aliphatic hydroxyl groups is 2. The van der Waals surface area contributed by atoms with Crippen LogP contribution in [0.15, 0.2) is 12.2 Å². The molecule has 18 heavy (non-hydrogen) atoms. The first kappa shape index (κ1) is 14.1. The highest BCUT2D eigenvalue weighted by molar-refractivity contribution is 5.85. The Morgan fingerprint density at radius 3 is 1.83 bits per heavy atom. The average molecular weight is 259 g/mol. The van der Waals surface area contributed by atoms with Crippen LogP contribution in [0.25, 0.3) is 0 Å². The van der Waals surface area contributed by atoms with Crippen molar-refractivity contribution >= 4 is 17.8 Å². The molecular weight excluding hydrogens is 246 g/mol. The number of carboxylic acids is 2. The van der Waals surface area contributed by atoms with Gasteiger partial charge in [0.25, 0.3) is 0 Å². The van der Waals surface area contributed by atoms with Crippen LogP contribution < -0.4 is 5.32 Å². The van der Waals surface area contributed by atoms with Crippen molar-refractivity contribution in [2.75, 3.05) is 0 Å². The van der Waals surface area contributed by atoms with E-state index in [2.05, 4.69) is 11.4 Å². The molecule has 2 rings (SSSR count). The van der Waals surface area contributed by atoms with Crippen LogP contribution >= 0.6 is 0 Å². The monoisotopic (exact) mass is 259 g/mol. The van der Waals surface area contributed by atoms with Gasteiger partial charge in [0.05, 0.1) is 5.92 Å². The van der Waals surface area contributed by atoms with Crippen LogP contribution in [-0.4, -0.2) is 56.5 Å². The number of carboxylic acid groups (broad SMARTS) is 2. The van der Waals surface area contributed by atoms with Gasteiger partial charge in [-0.05, 0) is 6.42 Å². The van der Waals surface area contributed by atoms with Crippen molar-refractivity contribution in [2.45, 2.75) is 24.7 Å². The summed E-state index contributed by atoms with van der Waals surface area (Å²) >= 11 is 0. The summed E-state index contributed by atoms with van der Waals surface area (Å²) in [6, 6.07) is 0.368. The number of aliphatic hydroxyl groups excluding tert-OH is 2. The first-order chi connectivity index (χ1) is 8.32. The molecule has 1 fully saturated rings. The summed E-state index contributed by atoms with van der Waals surface area (Å²) in [7, 11) is 0. The van der Waals surface area contributed by atoms with Gasteiger partial charge in [0.1, 0.15) is 0 Å². The van der Waals surface area contributed by atoms with Gasteiger partial charge >= 0.3 is 11.9 Å². The third-order valence-corrected chi connectivity index (χ3v) is 2.55. The Balaban J connectivity index is 0.000000182. The molecule has 1 saturated heterocycles. The fourth-order valence-electron chi connectivity index (χ4n) is 1.56. The summed E-state index contributed by atoms with van der Waals surface area (Å²) in [4.78, 5) is 30.2. The zero-order valence-electron chi connectivity index (χ0n) is 9.18. The molecule has 5 N–H and O–H groups in total. The van der Waals surface area contributed by atoms with Gasteiger partial charge in [0, 0.05) is 6.04 Å². The maximum Gasteiger partial charge on any atom is 0.335 e. The Morgan fingerprint density at radius 1 is 1.17 bits per heavy atom. The smallest absolute Gasteiger partial charge is 0.335 e. The van der Waals surface area contributed by atoms with Gasteiger partial charge in [0.2, 0.25) is 5.91 Å². The number of nitrogens with one attached hydrogen (secondary N) is 1. The standard InChI is InChI=1S/C6H7NO.C4H6O6/c8-6-4-1-2-5(3-4)7-6;5-1(3(7)8)2(6)4(9)10/h1-2,4-5H,3H2,(H,7,8);1-2,5-6H,(H,7,8)(H,9,10)/t;1-,2-/m.0/s1. The largest absolute Gasteiger partial charge is 0.479 e. The lowest BCUT2D eigenvalue weighted by molar-refractivity contribution is -0.165. The fourth-order valence-corrected chi connectivity index (χ4v) is 1.56. The van der Waals surface area contributed by atoms with Gasteiger partial charge in [-0.15, -0.1) is 0 Å². The molecule has 4 atom stereocenters. The molecule has 2 aliphatic rings. The summed E-state index contributed by atoms with van der Waals surface area (Å²) in [5.41, 5.74) is 0. The van der Waals surface area contributed by atoms with E-state index >= 15 is 0 Å². The topological polar surface area (TPSA) is 144 Å². The maximum atomic E-state index is 10.7. The van der Waals surface area contributed by atoms with Crippen LogP contribution in [0.5, 0.6) is 0 Å². The predicted molar refractivity (Wildman–Crippen MR) is 56.5 cm³/mol. The van der Waals surface area contributed by atoms with E-state index in [4.69, 9.17) is 20.4 Å². The molecule has 0 radical (unpaired) electrons. The zero-order valence-corrected chi connectivity index (χ0v) is 9.18. The highest BCUT2D eigenvalue weighted by atomic mass is 16.4. The number of hydrogen-bond acceptors (Lipinski definition) is 5. The molecule has 1 aliphatic heterocycles. The van der Waals surface area contributed by atoms with Gasteiger partial charge in [-0.2, -0.15) is 0 Å². The minimum Gasteiger partial charge on any atom is -0.479 e. The highest BCUT2D eigenvalue weighted by Crippen LogP contribution is 2.23. The van der Waals surface area contributed by atoms with Crippen molar-refractivity contribution in [1.82, 2.24) is 5.32 Å². The number of amides is 1. The second-order valence-corrected chi connectivity index (χ2v) is 3.91. The molecule has 1 aliphatic carbocycles. The summed E-state index contributed by atoms with van der Waals surface area (Å²) in [6.45, 7) is 0. The van der Waals surface area contributed by atoms with Gasteiger partial charge in [-0.1, -0.05) is 12.2 Å². The molecule has 0 aromatic carbocycles. The number of rotatable bonds is 3. The van der Waals surface area contributed by atoms with E-state index in [1.165, 1.54) is 0 Å². The molecule has 0 aromatic rings. The first-order valence-corrected chi connectivity index (χ1v) is 5.13. The van der Waals surface area contributed by atoms with Crippen molar-refractivity contribution in [3.8, 4) is 0 Å². The van der Waals surface area contributed by atoms with Crippen molar-refractivity contribution in [2.24, 2.45) is 5.92 Å². The van der Waals surface area contributed by atoms with E-state index in [9.17, 15) is 14.4 Å². The minimum absolute atomic E-state index is 0.206. The number of carbonyl (C=O) groups excluding carboxylic acids is 1. The SMILES string of the molecule is O=C(O)[C@@H](O)[C@H](O)C(=O)O.O=C1NC2C=CC1C2. The highest BCUT2D eigenvalue weighted by Gasteiger charge is 2.32. The average Bonchev–Trinajstić information content (AvgIpc) is 2.88. The Hall–Kier alpha value is -1.93. The molecule has 2 unspecified atom stereocenters. The number of fused-ring (bicyclic) bond motifs is 2. The lowest BCUT2D eigenvalue weighted by Gasteiger charge is -2.07. The molecule has 8 nitrogen and oxygen atoms in total. The Morgan fingerprint density at radius 2 is 1.67 bits per heavy atom. The fraction of sp³-hybridized carbons (Fsp3) is 0.500. The summed E-state index contributed by atoms with van der Waals surface area (Å²) in [5, 5.41) is 35.4. The molecule has 1 amide bonds. The van der Waals surface area contributed by atoms with E-state index in [1.54, 1.807) is 0 Å². The number of hydrogen-bond donors (Lipinski definition) is 5. The van der Waals surface area contributed by atoms with E-state index in [1.807, 2.05) is 6.08 Å². The van der Waals surface area contributed by atoms with Crippen molar-refractivity contribution < 1.29 is 34.8 Å². The van der Waals surface area contributed by atoms with Crippen molar-refractivity contribution in [3.63, 3.8) is 0 Å². The lowest BCUT2D eigenvalue weighted by Crippen LogP contribution is -2.39. The molecule has 2 bridgehead atoms. The molecular formula is C10H13NO7. The quantitative estimate of drug-likeness (QED) is 0.366. The molecule has 0 aromatic heterocycles. The predicted octanol–water partition coefficient (Wildman–Crippen LogP) is -2.06. The van der Waals surface area contributed by atoms with Gasteiger partial charge in [-0.3, -0.25) is 4.79 Å². The minimum atomic E-state index is -2.27. The van der Waals surface area contributed by atoms with Crippen LogP contribution in [0.4, 0.5) is 0 Å². The van der Waals surface area contributed by atoms with E-state index < -0.39 is 24.1 Å². The molecule has 0 spiro atoms. The van der Waals surface area contributed by atoms with Crippen molar-refractivity contribution in [1.29, 1.82) is 0 Å². The van der Waals surface area contributed by atoms with Crippen LogP contribution in [0.3, 0.4) is 0 Å². The van der Waals surface area contributed by atoms with E-state index in [0.29, 0.717) is 6.04 Å². The van der Waals surface area contributed by atoms with E-state index in [-0.39, 0.29) is 11.8 Å². The molecule has 0 saturated carbocycles. The number of carbonyl (C=O) groups is 3. The summed E-state index contributed by atoms with van der Waals surface area (Å²) in [5.74, 6) is -3.12. The third-order valence-electron chi connectivity index (χ3n) is 2.55. The van der Waals surface area contributed by atoms with Gasteiger partial charge < -0.3 is 25.7 Å². The van der Waals surface area contributed by atoms with Crippen molar-refractivity contribution in [3.05, 3.63) is 12.2 Å². The first-order valence-electron chi connectivity index (χ1n) is 5.13. The van der Waals surface area contributed by atoms with Crippen LogP contribution in [0.2, 0.25) is 0 Å². The Bertz CT molecular complexity index is 374. The normalized spacial score (nSPS) is 26.9. The Kier molecular flexibility index (Phi) is 4.40. The second-order valence-electron chi connectivity index (χ2n) is 3.91. The zero-order chi connectivity index (χ0) is 13.9. The van der Waals surface area contributed by atoms with Crippen LogP contribution in [0, 0.1) is 5.92 Å². The molecule has 1 heterocycles. The second kappa shape index (κ2) is 5.61. The number of aliphatic carboxylic acids is 2. The Labute approximate surface area is 102 Å².